The van der Waals surface area contributed by atoms with Crippen molar-refractivity contribution in [1.29, 1.82) is 0 Å². The van der Waals surface area contributed by atoms with Gasteiger partial charge in [0.05, 0.1) is 12.8 Å². The van der Waals surface area contributed by atoms with Crippen LogP contribution in [-0.4, -0.2) is 28.0 Å². The van der Waals surface area contributed by atoms with E-state index in [0.717, 1.165) is 5.56 Å². The number of hydrogen-bond acceptors (Lipinski definition) is 5. The third kappa shape index (κ3) is 3.10. The zero-order valence-electron chi connectivity index (χ0n) is 9.87. The zero-order valence-corrected chi connectivity index (χ0v) is 10.7. The van der Waals surface area contributed by atoms with Gasteiger partial charge in [0.2, 0.25) is 0 Å². The Morgan fingerprint density at radius 2 is 2.22 bits per heavy atom. The molecule has 18 heavy (non-hydrogen) atoms. The fourth-order valence-corrected chi connectivity index (χ4v) is 2.37. The summed E-state index contributed by atoms with van der Waals surface area (Å²) in [6.07, 6.45) is 1.58. The Morgan fingerprint density at radius 1 is 1.44 bits per heavy atom. The zero-order chi connectivity index (χ0) is 12.8. The summed E-state index contributed by atoms with van der Waals surface area (Å²) in [5, 5.41) is 10.4. The number of benzene rings is 1. The number of hydrogen-bond donors (Lipinski definition) is 1. The number of ether oxygens (including phenoxy) is 1. The first-order valence-corrected chi connectivity index (χ1v) is 6.43. The lowest BCUT2D eigenvalue weighted by Gasteiger charge is -2.13. The van der Waals surface area contributed by atoms with Gasteiger partial charge in [-0.05, 0) is 12.5 Å². The molecule has 1 aromatic carbocycles. The smallest absolute Gasteiger partial charge is 0.324 e. The first-order chi connectivity index (χ1) is 8.81. The van der Waals surface area contributed by atoms with Gasteiger partial charge in [-0.2, -0.15) is 10.3 Å². The van der Waals surface area contributed by atoms with E-state index >= 15 is 0 Å². The first kappa shape index (κ1) is 12.6. The maximum absolute atomic E-state index is 12.0. The molecule has 6 heteroatoms. The van der Waals surface area contributed by atoms with Crippen LogP contribution >= 0.6 is 11.8 Å². The third-order valence-electron chi connectivity index (χ3n) is 2.23. The molecule has 0 aliphatic rings. The molecule has 0 aliphatic carbocycles. The van der Waals surface area contributed by atoms with Gasteiger partial charge in [-0.15, -0.1) is 5.10 Å². The lowest BCUT2D eigenvalue weighted by molar-refractivity contribution is -0.142. The molecular weight excluding hydrogens is 250 g/mol. The minimum Gasteiger partial charge on any atom is -0.465 e. The van der Waals surface area contributed by atoms with Gasteiger partial charge in [0.15, 0.2) is 0 Å². The summed E-state index contributed by atoms with van der Waals surface area (Å²) in [6, 6.07) is 9.49. The number of aromatic nitrogens is 3. The number of rotatable bonds is 5. The molecule has 2 aromatic rings. The second-order valence-corrected chi connectivity index (χ2v) is 4.59. The highest BCUT2D eigenvalue weighted by Crippen LogP contribution is 2.34. The number of carbonyl (C=O) groups excluding carboxylic acids is 1. The van der Waals surface area contributed by atoms with Crippen LogP contribution in [0.1, 0.15) is 17.7 Å². The molecule has 1 aromatic heterocycles. The summed E-state index contributed by atoms with van der Waals surface area (Å²) in [6.45, 7) is 2.16. The second kappa shape index (κ2) is 6.20. The summed E-state index contributed by atoms with van der Waals surface area (Å²) in [5.41, 5.74) is 0.893. The molecule has 1 heterocycles. The van der Waals surface area contributed by atoms with Gasteiger partial charge in [0.1, 0.15) is 10.3 Å². The predicted molar refractivity (Wildman–Crippen MR) is 68.1 cm³/mol. The van der Waals surface area contributed by atoms with Crippen molar-refractivity contribution in [3.8, 4) is 0 Å². The van der Waals surface area contributed by atoms with E-state index < -0.39 is 5.25 Å². The molecule has 0 saturated carbocycles. The predicted octanol–water partition coefficient (Wildman–Crippen LogP) is 2.20. The minimum absolute atomic E-state index is 0.267. The number of esters is 1. The van der Waals surface area contributed by atoms with E-state index in [2.05, 4.69) is 15.4 Å². The van der Waals surface area contributed by atoms with Crippen molar-refractivity contribution >= 4 is 17.7 Å². The number of nitrogens with one attached hydrogen (secondary N) is 1. The summed E-state index contributed by atoms with van der Waals surface area (Å²) in [4.78, 5) is 12.0. The van der Waals surface area contributed by atoms with Crippen LogP contribution in [0.2, 0.25) is 0 Å². The maximum atomic E-state index is 12.0. The van der Waals surface area contributed by atoms with Gasteiger partial charge in [-0.25, -0.2) is 0 Å². The molecule has 0 spiro atoms. The Kier molecular flexibility index (Phi) is 4.35. The van der Waals surface area contributed by atoms with Gasteiger partial charge in [-0.1, -0.05) is 42.1 Å². The third-order valence-corrected chi connectivity index (χ3v) is 3.37. The molecule has 94 valence electrons. The van der Waals surface area contributed by atoms with Crippen molar-refractivity contribution in [3.05, 3.63) is 42.1 Å². The largest absolute Gasteiger partial charge is 0.465 e. The number of nitrogens with zero attached hydrogens (tertiary/aromatic N) is 2. The van der Waals surface area contributed by atoms with Crippen molar-refractivity contribution in [3.63, 3.8) is 0 Å². The van der Waals surface area contributed by atoms with Gasteiger partial charge >= 0.3 is 5.97 Å². The fourth-order valence-electron chi connectivity index (χ4n) is 1.47. The maximum Gasteiger partial charge on any atom is 0.324 e. The summed E-state index contributed by atoms with van der Waals surface area (Å²) < 4.78 is 5.09. The standard InChI is InChI=1S/C12H13N3O2S/c1-2-17-12(16)11(9-6-4-3-5-7-9)18-10-8-13-15-14-10/h3-8,11H,2H2,1H3,(H,13,14,15)/t11-/m1/s1. The number of aromatic amines is 1. The van der Waals surface area contributed by atoms with Crippen LogP contribution in [0, 0.1) is 0 Å². The number of H-pyrrole nitrogens is 1. The molecule has 2 rings (SSSR count). The molecule has 1 N–H and O–H groups in total. The highest BCUT2D eigenvalue weighted by Gasteiger charge is 2.24. The summed E-state index contributed by atoms with van der Waals surface area (Å²) in [5.74, 6) is -0.267. The molecule has 0 fully saturated rings. The van der Waals surface area contributed by atoms with Crippen LogP contribution in [0.4, 0.5) is 0 Å². The topological polar surface area (TPSA) is 67.9 Å². The van der Waals surface area contributed by atoms with Crippen LogP contribution in [-0.2, 0) is 9.53 Å². The fraction of sp³-hybridized carbons (Fsp3) is 0.250. The second-order valence-electron chi connectivity index (χ2n) is 3.47. The molecule has 0 unspecified atom stereocenters. The monoisotopic (exact) mass is 263 g/mol. The number of carbonyl (C=O) groups is 1. The Balaban J connectivity index is 2.20. The molecule has 0 radical (unpaired) electrons. The van der Waals surface area contributed by atoms with Crippen molar-refractivity contribution in [2.75, 3.05) is 6.61 Å². The van der Waals surface area contributed by atoms with E-state index in [1.54, 1.807) is 13.1 Å². The number of thioether (sulfide) groups is 1. The van der Waals surface area contributed by atoms with Crippen LogP contribution in [0.25, 0.3) is 0 Å². The molecule has 0 aliphatic heterocycles. The van der Waals surface area contributed by atoms with Crippen molar-refractivity contribution < 1.29 is 9.53 Å². The lowest BCUT2D eigenvalue weighted by Crippen LogP contribution is -2.13. The summed E-state index contributed by atoms with van der Waals surface area (Å²) >= 11 is 1.32. The van der Waals surface area contributed by atoms with Gasteiger partial charge in [0.25, 0.3) is 0 Å². The summed E-state index contributed by atoms with van der Waals surface area (Å²) in [7, 11) is 0. The van der Waals surface area contributed by atoms with Crippen LogP contribution in [0.5, 0.6) is 0 Å². The molecular formula is C12H13N3O2S. The van der Waals surface area contributed by atoms with E-state index in [0.29, 0.717) is 11.6 Å². The minimum atomic E-state index is -0.420. The Bertz CT molecular complexity index is 487. The molecule has 5 nitrogen and oxygen atoms in total. The van der Waals surface area contributed by atoms with Crippen LogP contribution < -0.4 is 0 Å². The highest BCUT2D eigenvalue weighted by molar-refractivity contribution is 8.00. The SMILES string of the molecule is CCOC(=O)[C@H](Sc1cn[nH]n1)c1ccccc1. The quantitative estimate of drug-likeness (QED) is 0.661. The molecule has 0 bridgehead atoms. The molecule has 0 saturated heterocycles. The highest BCUT2D eigenvalue weighted by atomic mass is 32.2. The van der Waals surface area contributed by atoms with Gasteiger partial charge in [0, 0.05) is 0 Å². The lowest BCUT2D eigenvalue weighted by atomic mass is 10.1. The van der Waals surface area contributed by atoms with Gasteiger partial charge < -0.3 is 4.74 Å². The Labute approximate surface area is 109 Å². The van der Waals surface area contributed by atoms with E-state index in [1.165, 1.54) is 11.8 Å². The van der Waals surface area contributed by atoms with E-state index in [9.17, 15) is 4.79 Å². The Morgan fingerprint density at radius 3 is 2.83 bits per heavy atom. The van der Waals surface area contributed by atoms with Crippen molar-refractivity contribution in [1.82, 2.24) is 15.4 Å². The van der Waals surface area contributed by atoms with E-state index in [1.807, 2.05) is 30.3 Å². The van der Waals surface area contributed by atoms with E-state index in [4.69, 9.17) is 4.74 Å². The Hall–Kier alpha value is -1.82. The van der Waals surface area contributed by atoms with Crippen molar-refractivity contribution in [2.45, 2.75) is 17.2 Å². The average molecular weight is 263 g/mol. The molecule has 1 atom stereocenters. The van der Waals surface area contributed by atoms with Gasteiger partial charge in [-0.3, -0.25) is 4.79 Å². The van der Waals surface area contributed by atoms with Crippen LogP contribution in [0.3, 0.4) is 0 Å². The van der Waals surface area contributed by atoms with E-state index in [-0.39, 0.29) is 5.97 Å². The van der Waals surface area contributed by atoms with Crippen LogP contribution in [0.15, 0.2) is 41.6 Å². The molecule has 0 amide bonds. The first-order valence-electron chi connectivity index (χ1n) is 5.55. The van der Waals surface area contributed by atoms with Crippen molar-refractivity contribution in [2.24, 2.45) is 0 Å². The average Bonchev–Trinajstić information content (AvgIpc) is 2.90. The normalized spacial score (nSPS) is 12.1.